The van der Waals surface area contributed by atoms with Crippen LogP contribution in [0, 0.1) is 0 Å². The number of furan rings is 1. The number of aromatic amines is 1. The van der Waals surface area contributed by atoms with Crippen LogP contribution in [-0.4, -0.2) is 22.2 Å². The van der Waals surface area contributed by atoms with Crippen LogP contribution in [0.25, 0.3) is 22.6 Å². The van der Waals surface area contributed by atoms with Crippen molar-refractivity contribution in [3.63, 3.8) is 0 Å². The minimum absolute atomic E-state index is 0.200. The molecular formula is C23H18ClN4O3S+. The highest BCUT2D eigenvalue weighted by molar-refractivity contribution is 7.98. The van der Waals surface area contributed by atoms with Crippen molar-refractivity contribution in [2.24, 2.45) is 0 Å². The normalized spacial score (nSPS) is 14.7. The molecule has 1 atom stereocenters. The molecule has 4 aromatic rings. The Morgan fingerprint density at radius 3 is 2.75 bits per heavy atom. The Balaban J connectivity index is 1.76. The van der Waals surface area contributed by atoms with Gasteiger partial charge in [0.25, 0.3) is 0 Å². The second kappa shape index (κ2) is 7.96. The van der Waals surface area contributed by atoms with Crippen molar-refractivity contribution >= 4 is 35.0 Å². The van der Waals surface area contributed by atoms with Crippen molar-refractivity contribution in [1.29, 1.82) is 0 Å². The predicted octanol–water partition coefficient (Wildman–Crippen LogP) is 4.27. The molecule has 1 amide bonds. The van der Waals surface area contributed by atoms with Crippen LogP contribution in [-0.2, 0) is 4.79 Å². The quantitative estimate of drug-likeness (QED) is 0.361. The highest BCUT2D eigenvalue weighted by Crippen LogP contribution is 2.38. The number of aromatic nitrogens is 3. The average molecular weight is 466 g/mol. The average Bonchev–Trinajstić information content (AvgIpc) is 3.27. The van der Waals surface area contributed by atoms with Gasteiger partial charge in [0.2, 0.25) is 11.1 Å². The molecule has 0 aliphatic carbocycles. The van der Waals surface area contributed by atoms with Crippen molar-refractivity contribution in [2.45, 2.75) is 18.2 Å². The smallest absolute Gasteiger partial charge is 0.325 e. The number of nitrogens with one attached hydrogen (secondary N) is 1. The first-order chi connectivity index (χ1) is 15.5. The van der Waals surface area contributed by atoms with Crippen LogP contribution in [0.5, 0.6) is 0 Å². The van der Waals surface area contributed by atoms with Gasteiger partial charge in [0.15, 0.2) is 5.76 Å². The number of carbonyl (C=O) groups is 1. The summed E-state index contributed by atoms with van der Waals surface area (Å²) in [4.78, 5) is 30.3. The van der Waals surface area contributed by atoms with E-state index >= 15 is 0 Å². The number of halogens is 1. The van der Waals surface area contributed by atoms with E-state index in [1.165, 1.54) is 18.7 Å². The van der Waals surface area contributed by atoms with Gasteiger partial charge in [-0.05, 0) is 47.3 Å². The van der Waals surface area contributed by atoms with Crippen molar-refractivity contribution in [3.8, 4) is 22.6 Å². The molecule has 0 radical (unpaired) electrons. The molecule has 2 aromatic heterocycles. The van der Waals surface area contributed by atoms with Crippen LogP contribution in [0.1, 0.15) is 18.8 Å². The molecule has 9 heteroatoms. The lowest BCUT2D eigenvalue weighted by Crippen LogP contribution is -2.60. The van der Waals surface area contributed by atoms with E-state index in [1.54, 1.807) is 27.8 Å². The summed E-state index contributed by atoms with van der Waals surface area (Å²) in [5.41, 5.74) is 2.13. The molecule has 5 rings (SSSR count). The summed E-state index contributed by atoms with van der Waals surface area (Å²) in [5.74, 6) is 0.872. The maximum absolute atomic E-state index is 13.0. The number of anilines is 1. The van der Waals surface area contributed by atoms with Crippen LogP contribution in [0.3, 0.4) is 0 Å². The van der Waals surface area contributed by atoms with Gasteiger partial charge in [-0.1, -0.05) is 47.6 Å². The van der Waals surface area contributed by atoms with Crippen LogP contribution in [0.2, 0.25) is 5.02 Å². The Bertz CT molecular complexity index is 1410. The first-order valence-corrected chi connectivity index (χ1v) is 11.4. The third kappa shape index (κ3) is 3.32. The fourth-order valence-corrected chi connectivity index (χ4v) is 4.51. The van der Waals surface area contributed by atoms with Crippen LogP contribution >= 0.6 is 23.4 Å². The van der Waals surface area contributed by atoms with Crippen molar-refractivity contribution in [3.05, 3.63) is 81.8 Å². The summed E-state index contributed by atoms with van der Waals surface area (Å²) in [6.07, 6.45) is 1.06. The standard InChI is InChI=1S/C23H17ClN4O3S/c1-13(29)27-17-9-4-3-8-16(17)20-21(30)25-23(32-2)26-28(20)22(27)19-11-10-18(31-19)14-6-5-7-15(24)12-14/h3-12,22H,1-2H3/p+1. The fourth-order valence-electron chi connectivity index (χ4n) is 3.95. The Hall–Kier alpha value is -3.36. The number of hydrogen-bond donors (Lipinski definition) is 1. The molecular weight excluding hydrogens is 448 g/mol. The van der Waals surface area contributed by atoms with Crippen LogP contribution < -0.4 is 15.1 Å². The molecule has 3 heterocycles. The summed E-state index contributed by atoms with van der Waals surface area (Å²) < 4.78 is 7.76. The van der Waals surface area contributed by atoms with Gasteiger partial charge in [0, 0.05) is 22.6 Å². The van der Waals surface area contributed by atoms with E-state index in [4.69, 9.17) is 16.0 Å². The number of amides is 1. The number of nitrogens with zero attached hydrogens (tertiary/aromatic N) is 3. The van der Waals surface area contributed by atoms with E-state index in [0.717, 1.165) is 5.56 Å². The summed E-state index contributed by atoms with van der Waals surface area (Å²) in [6.45, 7) is 1.48. The minimum Gasteiger partial charge on any atom is -0.452 e. The van der Waals surface area contributed by atoms with Gasteiger partial charge < -0.3 is 4.42 Å². The van der Waals surface area contributed by atoms with Gasteiger partial charge >= 0.3 is 17.4 Å². The minimum atomic E-state index is -0.765. The zero-order valence-corrected chi connectivity index (χ0v) is 18.8. The molecule has 7 nitrogen and oxygen atoms in total. The van der Waals surface area contributed by atoms with Crippen LogP contribution in [0.4, 0.5) is 5.69 Å². The van der Waals surface area contributed by atoms with Crippen molar-refractivity contribution in [1.82, 2.24) is 10.1 Å². The van der Waals surface area contributed by atoms with E-state index in [9.17, 15) is 9.59 Å². The molecule has 0 bridgehead atoms. The molecule has 1 unspecified atom stereocenters. The maximum atomic E-state index is 13.0. The molecule has 1 aliphatic rings. The number of H-pyrrole nitrogens is 1. The second-order valence-electron chi connectivity index (χ2n) is 7.25. The van der Waals surface area contributed by atoms with E-state index in [1.807, 2.05) is 48.7 Å². The monoisotopic (exact) mass is 465 g/mol. The molecule has 32 heavy (non-hydrogen) atoms. The summed E-state index contributed by atoms with van der Waals surface area (Å²) in [5, 5.41) is 5.66. The van der Waals surface area contributed by atoms with Crippen LogP contribution in [0.15, 0.2) is 75.0 Å². The SMILES string of the molecule is CSc1n[n+]2c(c(=O)[nH]1)-c1ccccc1N(C(C)=O)C2c1ccc(-c2cccc(Cl)c2)o1. The lowest BCUT2D eigenvalue weighted by Gasteiger charge is -2.29. The van der Waals surface area contributed by atoms with Gasteiger partial charge in [0.05, 0.1) is 11.3 Å². The molecule has 0 saturated carbocycles. The zero-order valence-electron chi connectivity index (χ0n) is 17.2. The maximum Gasteiger partial charge on any atom is 0.325 e. The number of benzene rings is 2. The van der Waals surface area contributed by atoms with Gasteiger partial charge in [0.1, 0.15) is 5.76 Å². The summed E-state index contributed by atoms with van der Waals surface area (Å²) >= 11 is 7.45. The number of thioether (sulfide) groups is 1. The van der Waals surface area contributed by atoms with E-state index in [2.05, 4.69) is 10.1 Å². The summed E-state index contributed by atoms with van der Waals surface area (Å²) in [6, 6.07) is 18.2. The molecule has 160 valence electrons. The third-order valence-electron chi connectivity index (χ3n) is 5.28. The van der Waals surface area contributed by atoms with Gasteiger partial charge in [-0.2, -0.15) is 0 Å². The van der Waals surface area contributed by atoms with Gasteiger partial charge in [-0.3, -0.25) is 14.6 Å². The van der Waals surface area contributed by atoms with Crippen molar-refractivity contribution in [2.75, 3.05) is 11.2 Å². The molecule has 2 aromatic carbocycles. The first kappa shape index (κ1) is 20.5. The third-order valence-corrected chi connectivity index (χ3v) is 6.09. The molecule has 0 spiro atoms. The van der Waals surface area contributed by atoms with E-state index in [0.29, 0.717) is 38.6 Å². The van der Waals surface area contributed by atoms with E-state index < -0.39 is 6.17 Å². The first-order valence-electron chi connectivity index (χ1n) is 9.83. The Morgan fingerprint density at radius 2 is 2.00 bits per heavy atom. The zero-order chi connectivity index (χ0) is 22.4. The summed E-state index contributed by atoms with van der Waals surface area (Å²) in [7, 11) is 0. The van der Waals surface area contributed by atoms with Gasteiger partial charge in [-0.15, -0.1) is 0 Å². The topological polar surface area (TPSA) is 83.1 Å². The van der Waals surface area contributed by atoms with Gasteiger partial charge in [-0.25, -0.2) is 4.90 Å². The predicted molar refractivity (Wildman–Crippen MR) is 123 cm³/mol. The highest BCUT2D eigenvalue weighted by atomic mass is 35.5. The molecule has 0 saturated heterocycles. The second-order valence-corrected chi connectivity index (χ2v) is 8.48. The Kier molecular flexibility index (Phi) is 5.11. The largest absolute Gasteiger partial charge is 0.452 e. The van der Waals surface area contributed by atoms with E-state index in [-0.39, 0.29) is 11.5 Å². The van der Waals surface area contributed by atoms with Crippen molar-refractivity contribution < 1.29 is 13.9 Å². The number of carbonyl (C=O) groups excluding carboxylic acids is 1. The molecule has 1 N–H and O–H groups in total. The Morgan fingerprint density at radius 1 is 1.19 bits per heavy atom. The fraction of sp³-hybridized carbons (Fsp3) is 0.130. The number of hydrogen-bond acceptors (Lipinski definition) is 5. The number of para-hydroxylation sites is 1. The number of fused-ring (bicyclic) bond motifs is 3. The molecule has 1 aliphatic heterocycles. The Labute approximate surface area is 192 Å². The number of rotatable bonds is 3. The highest BCUT2D eigenvalue weighted by Gasteiger charge is 2.46. The molecule has 0 fully saturated rings. The lowest BCUT2D eigenvalue weighted by atomic mass is 10.0. The lowest BCUT2D eigenvalue weighted by molar-refractivity contribution is -0.764.